The standard InChI is InChI=1S/C15H24N4O/c1-10-8-12(14(20)19-16)13(17-9-10)18-11-4-6-15(2,3)7-5-11/h8-9,11H,4-7,16H2,1-3H3,(H,17,18)(H,19,20). The number of hydrogen-bond donors (Lipinski definition) is 3. The summed E-state index contributed by atoms with van der Waals surface area (Å²) in [7, 11) is 0. The van der Waals surface area contributed by atoms with Gasteiger partial charge in [0.15, 0.2) is 0 Å². The second-order valence-electron chi connectivity index (χ2n) is 6.47. The summed E-state index contributed by atoms with van der Waals surface area (Å²) < 4.78 is 0. The monoisotopic (exact) mass is 276 g/mol. The molecule has 2 rings (SSSR count). The van der Waals surface area contributed by atoms with Crippen LogP contribution in [0.15, 0.2) is 12.3 Å². The van der Waals surface area contributed by atoms with E-state index >= 15 is 0 Å². The molecule has 5 nitrogen and oxygen atoms in total. The largest absolute Gasteiger partial charge is 0.367 e. The van der Waals surface area contributed by atoms with E-state index in [9.17, 15) is 4.79 Å². The maximum atomic E-state index is 11.8. The zero-order valence-electron chi connectivity index (χ0n) is 12.5. The summed E-state index contributed by atoms with van der Waals surface area (Å²) in [5.74, 6) is 5.56. The lowest BCUT2D eigenvalue weighted by molar-refractivity contribution is 0.0954. The highest BCUT2D eigenvalue weighted by Gasteiger charge is 2.27. The van der Waals surface area contributed by atoms with Crippen molar-refractivity contribution in [3.63, 3.8) is 0 Å². The molecule has 110 valence electrons. The van der Waals surface area contributed by atoms with E-state index in [4.69, 9.17) is 5.84 Å². The van der Waals surface area contributed by atoms with Crippen LogP contribution in [0.4, 0.5) is 5.82 Å². The van der Waals surface area contributed by atoms with Crippen LogP contribution in [0.25, 0.3) is 0 Å². The third-order valence-corrected chi connectivity index (χ3v) is 4.08. The Morgan fingerprint density at radius 1 is 1.40 bits per heavy atom. The number of nitrogens with two attached hydrogens (primary N) is 1. The molecule has 1 saturated carbocycles. The SMILES string of the molecule is Cc1cnc(NC2CCC(C)(C)CC2)c(C(=O)NN)c1. The number of aryl methyl sites for hydroxylation is 1. The maximum absolute atomic E-state index is 11.8. The predicted octanol–water partition coefficient (Wildman–Crippen LogP) is 2.37. The second kappa shape index (κ2) is 5.79. The molecule has 0 unspecified atom stereocenters. The van der Waals surface area contributed by atoms with Crippen LogP contribution in [0.3, 0.4) is 0 Å². The number of aromatic nitrogens is 1. The molecule has 5 heteroatoms. The van der Waals surface area contributed by atoms with Gasteiger partial charge in [-0.15, -0.1) is 0 Å². The van der Waals surface area contributed by atoms with Gasteiger partial charge in [0, 0.05) is 12.2 Å². The predicted molar refractivity (Wildman–Crippen MR) is 80.3 cm³/mol. The van der Waals surface area contributed by atoms with Crippen LogP contribution in [0.1, 0.15) is 55.5 Å². The Bertz CT molecular complexity index is 489. The third-order valence-electron chi connectivity index (χ3n) is 4.08. The zero-order valence-corrected chi connectivity index (χ0v) is 12.5. The molecule has 4 N–H and O–H groups in total. The Labute approximate surface area is 120 Å². The molecule has 1 aromatic rings. The Hall–Kier alpha value is -1.62. The molecule has 1 fully saturated rings. The summed E-state index contributed by atoms with van der Waals surface area (Å²) in [4.78, 5) is 16.2. The number of amides is 1. The molecule has 0 atom stereocenters. The topological polar surface area (TPSA) is 80.0 Å². The van der Waals surface area contributed by atoms with Gasteiger partial charge in [-0.1, -0.05) is 13.8 Å². The van der Waals surface area contributed by atoms with Crippen molar-refractivity contribution >= 4 is 11.7 Å². The summed E-state index contributed by atoms with van der Waals surface area (Å²) in [5.41, 5.74) is 4.06. The summed E-state index contributed by atoms with van der Waals surface area (Å²) in [6.07, 6.45) is 6.35. The number of nitrogens with one attached hydrogen (secondary N) is 2. The summed E-state index contributed by atoms with van der Waals surface area (Å²) in [5, 5.41) is 3.40. The smallest absolute Gasteiger partial charge is 0.268 e. The van der Waals surface area contributed by atoms with Crippen molar-refractivity contribution in [1.82, 2.24) is 10.4 Å². The molecule has 0 bridgehead atoms. The van der Waals surface area contributed by atoms with Gasteiger partial charge in [-0.2, -0.15) is 0 Å². The molecule has 0 radical (unpaired) electrons. The van der Waals surface area contributed by atoms with Crippen LogP contribution in [-0.2, 0) is 0 Å². The molecule has 20 heavy (non-hydrogen) atoms. The third kappa shape index (κ3) is 3.48. The fourth-order valence-electron chi connectivity index (χ4n) is 2.67. The first-order valence-corrected chi connectivity index (χ1v) is 7.15. The van der Waals surface area contributed by atoms with E-state index in [0.29, 0.717) is 22.8 Å². The quantitative estimate of drug-likeness (QED) is 0.450. The van der Waals surface area contributed by atoms with Crippen molar-refractivity contribution in [3.05, 3.63) is 23.4 Å². The summed E-state index contributed by atoms with van der Waals surface area (Å²) in [6, 6.07) is 2.19. The molecule has 0 aromatic carbocycles. The molecule has 1 amide bonds. The van der Waals surface area contributed by atoms with Crippen molar-refractivity contribution in [2.75, 3.05) is 5.32 Å². The first kappa shape index (κ1) is 14.8. The van der Waals surface area contributed by atoms with E-state index in [1.165, 1.54) is 12.8 Å². The van der Waals surface area contributed by atoms with Gasteiger partial charge in [-0.25, -0.2) is 10.8 Å². The minimum absolute atomic E-state index is 0.306. The van der Waals surface area contributed by atoms with Crippen molar-refractivity contribution in [2.24, 2.45) is 11.3 Å². The second-order valence-corrected chi connectivity index (χ2v) is 6.47. The van der Waals surface area contributed by atoms with Crippen molar-refractivity contribution < 1.29 is 4.79 Å². The fraction of sp³-hybridized carbons (Fsp3) is 0.600. The van der Waals surface area contributed by atoms with E-state index < -0.39 is 0 Å². The maximum Gasteiger partial charge on any atom is 0.268 e. The van der Waals surface area contributed by atoms with E-state index in [-0.39, 0.29) is 5.91 Å². The van der Waals surface area contributed by atoms with Crippen molar-refractivity contribution in [2.45, 2.75) is 52.5 Å². The molecule has 1 aliphatic carbocycles. The minimum Gasteiger partial charge on any atom is -0.367 e. The average Bonchev–Trinajstić information content (AvgIpc) is 2.42. The molecule has 0 saturated heterocycles. The fourth-order valence-corrected chi connectivity index (χ4v) is 2.67. The van der Waals surface area contributed by atoms with E-state index in [1.54, 1.807) is 6.20 Å². The summed E-state index contributed by atoms with van der Waals surface area (Å²) in [6.45, 7) is 6.52. The van der Waals surface area contributed by atoms with Gasteiger partial charge in [0.25, 0.3) is 5.91 Å². The van der Waals surface area contributed by atoms with Crippen molar-refractivity contribution in [1.29, 1.82) is 0 Å². The van der Waals surface area contributed by atoms with Gasteiger partial charge in [-0.3, -0.25) is 10.2 Å². The van der Waals surface area contributed by atoms with Crippen molar-refractivity contribution in [3.8, 4) is 0 Å². The van der Waals surface area contributed by atoms with Crippen LogP contribution >= 0.6 is 0 Å². The Morgan fingerprint density at radius 2 is 2.05 bits per heavy atom. The molecule has 0 spiro atoms. The highest BCUT2D eigenvalue weighted by molar-refractivity contribution is 5.98. The number of hydrazine groups is 1. The highest BCUT2D eigenvalue weighted by atomic mass is 16.2. The van der Waals surface area contributed by atoms with Gasteiger partial charge in [0.1, 0.15) is 5.82 Å². The number of rotatable bonds is 3. The number of nitrogen functional groups attached to an aromatic ring is 1. The Morgan fingerprint density at radius 3 is 2.65 bits per heavy atom. The number of carbonyl (C=O) groups excluding carboxylic acids is 1. The van der Waals surface area contributed by atoms with E-state index in [1.807, 2.05) is 13.0 Å². The van der Waals surface area contributed by atoms with Crippen LogP contribution in [0, 0.1) is 12.3 Å². The van der Waals surface area contributed by atoms with Crippen LogP contribution in [0.5, 0.6) is 0 Å². The normalized spacial score (nSPS) is 18.6. The molecular weight excluding hydrogens is 252 g/mol. The minimum atomic E-state index is -0.306. The van der Waals surface area contributed by atoms with Crippen LogP contribution in [0.2, 0.25) is 0 Å². The average molecular weight is 276 g/mol. The molecule has 1 aromatic heterocycles. The first-order valence-electron chi connectivity index (χ1n) is 7.15. The molecule has 1 aliphatic rings. The number of pyridine rings is 1. The van der Waals surface area contributed by atoms with Gasteiger partial charge in [0.05, 0.1) is 5.56 Å². The van der Waals surface area contributed by atoms with Gasteiger partial charge >= 0.3 is 0 Å². The van der Waals surface area contributed by atoms with Crippen LogP contribution in [-0.4, -0.2) is 16.9 Å². The molecule has 0 aliphatic heterocycles. The number of nitrogens with zero attached hydrogens (tertiary/aromatic N) is 1. The number of carbonyl (C=O) groups is 1. The zero-order chi connectivity index (χ0) is 14.8. The van der Waals surface area contributed by atoms with Crippen LogP contribution < -0.4 is 16.6 Å². The highest BCUT2D eigenvalue weighted by Crippen LogP contribution is 2.36. The lowest BCUT2D eigenvalue weighted by atomic mass is 9.75. The lowest BCUT2D eigenvalue weighted by Crippen LogP contribution is -2.33. The van der Waals surface area contributed by atoms with E-state index in [0.717, 1.165) is 18.4 Å². The van der Waals surface area contributed by atoms with Gasteiger partial charge in [-0.05, 0) is 49.7 Å². The van der Waals surface area contributed by atoms with E-state index in [2.05, 4.69) is 29.6 Å². The van der Waals surface area contributed by atoms with Gasteiger partial charge < -0.3 is 5.32 Å². The Balaban J connectivity index is 2.11. The number of anilines is 1. The molecule has 1 heterocycles. The first-order chi connectivity index (χ1) is 9.41. The summed E-state index contributed by atoms with van der Waals surface area (Å²) >= 11 is 0. The lowest BCUT2D eigenvalue weighted by Gasteiger charge is -2.35. The number of hydrogen-bond acceptors (Lipinski definition) is 4. The van der Waals surface area contributed by atoms with Gasteiger partial charge in [0.2, 0.25) is 0 Å². The Kier molecular flexibility index (Phi) is 4.28. The molecular formula is C15H24N4O.